The lowest BCUT2D eigenvalue weighted by Gasteiger charge is -2.43. The van der Waals surface area contributed by atoms with E-state index in [0.29, 0.717) is 6.04 Å². The monoisotopic (exact) mass is 300 g/mol. The molecule has 2 fully saturated rings. The molecule has 2 aliphatic rings. The average molecular weight is 300 g/mol. The number of hydrogen-bond acceptors (Lipinski definition) is 1. The Hall–Kier alpha value is -1.51. The second kappa shape index (κ2) is 6.72. The molecule has 3 heteroatoms. The van der Waals surface area contributed by atoms with Gasteiger partial charge in [-0.25, -0.2) is 4.79 Å². The lowest BCUT2D eigenvalue weighted by Crippen LogP contribution is -2.50. The first-order valence-corrected chi connectivity index (χ1v) is 8.77. The summed E-state index contributed by atoms with van der Waals surface area (Å²) in [5.41, 5.74) is 1.55. The van der Waals surface area contributed by atoms with Crippen LogP contribution in [-0.4, -0.2) is 30.6 Å². The molecule has 3 rings (SSSR count). The molecule has 2 aliphatic carbocycles. The summed E-state index contributed by atoms with van der Waals surface area (Å²) in [6.07, 6.45) is 9.80. The van der Waals surface area contributed by atoms with Crippen LogP contribution in [0.15, 0.2) is 30.3 Å². The van der Waals surface area contributed by atoms with Gasteiger partial charge in [-0.05, 0) is 31.2 Å². The maximum Gasteiger partial charge on any atom is 0.317 e. The minimum atomic E-state index is 0.106. The van der Waals surface area contributed by atoms with Crippen molar-refractivity contribution >= 4 is 6.03 Å². The molecule has 3 nitrogen and oxygen atoms in total. The molecule has 0 saturated heterocycles. The van der Waals surface area contributed by atoms with Crippen LogP contribution in [0.1, 0.15) is 56.9 Å². The molecule has 1 N–H and O–H groups in total. The molecule has 0 heterocycles. The molecule has 0 aromatic heterocycles. The first-order chi connectivity index (χ1) is 10.7. The number of carbonyl (C=O) groups is 1. The van der Waals surface area contributed by atoms with Crippen molar-refractivity contribution in [1.82, 2.24) is 10.2 Å². The predicted octanol–water partition coefficient (Wildman–Crippen LogP) is 4.08. The van der Waals surface area contributed by atoms with Crippen LogP contribution in [0.25, 0.3) is 0 Å². The van der Waals surface area contributed by atoms with E-state index in [0.717, 1.165) is 19.4 Å². The smallest absolute Gasteiger partial charge is 0.317 e. The van der Waals surface area contributed by atoms with Crippen molar-refractivity contribution in [2.45, 2.75) is 62.8 Å². The van der Waals surface area contributed by atoms with Gasteiger partial charge in [0.15, 0.2) is 0 Å². The van der Waals surface area contributed by atoms with Crippen LogP contribution in [-0.2, 0) is 5.41 Å². The third kappa shape index (κ3) is 3.13. The first kappa shape index (κ1) is 15.4. The van der Waals surface area contributed by atoms with Crippen LogP contribution in [0.5, 0.6) is 0 Å². The fraction of sp³-hybridized carbons (Fsp3) is 0.632. The second-order valence-corrected chi connectivity index (χ2v) is 7.06. The Morgan fingerprint density at radius 1 is 1.14 bits per heavy atom. The van der Waals surface area contributed by atoms with Crippen LogP contribution in [0.3, 0.4) is 0 Å². The third-order valence-electron chi connectivity index (χ3n) is 5.72. The van der Waals surface area contributed by atoms with E-state index in [4.69, 9.17) is 0 Å². The molecule has 0 bridgehead atoms. The molecular formula is C19H28N2O. The zero-order valence-corrected chi connectivity index (χ0v) is 13.7. The van der Waals surface area contributed by atoms with Gasteiger partial charge in [-0.1, -0.05) is 56.0 Å². The molecule has 0 spiro atoms. The van der Waals surface area contributed by atoms with Gasteiger partial charge in [-0.2, -0.15) is 0 Å². The summed E-state index contributed by atoms with van der Waals surface area (Å²) in [4.78, 5) is 14.4. The van der Waals surface area contributed by atoms with Crippen molar-refractivity contribution in [2.75, 3.05) is 13.6 Å². The highest BCUT2D eigenvalue weighted by Gasteiger charge is 2.39. The normalized spacial score (nSPS) is 21.0. The summed E-state index contributed by atoms with van der Waals surface area (Å²) >= 11 is 0. The van der Waals surface area contributed by atoms with Gasteiger partial charge in [0, 0.05) is 25.0 Å². The standard InChI is InChI=1S/C19H28N2O/c1-21(17-11-6-3-7-12-17)18(22)20-15-19(13-8-14-19)16-9-4-2-5-10-16/h2,4-5,9-10,17H,3,6-8,11-15H2,1H3,(H,20,22). The first-order valence-electron chi connectivity index (χ1n) is 8.77. The summed E-state index contributed by atoms with van der Waals surface area (Å²) in [5.74, 6) is 0. The number of carbonyl (C=O) groups excluding carboxylic acids is 1. The quantitative estimate of drug-likeness (QED) is 0.892. The molecule has 0 aliphatic heterocycles. The summed E-state index contributed by atoms with van der Waals surface area (Å²) in [7, 11) is 1.96. The maximum atomic E-state index is 12.5. The van der Waals surface area contributed by atoms with Gasteiger partial charge < -0.3 is 10.2 Å². The van der Waals surface area contributed by atoms with Crippen LogP contribution in [0.4, 0.5) is 4.79 Å². The van der Waals surface area contributed by atoms with Gasteiger partial charge in [0.1, 0.15) is 0 Å². The Bertz CT molecular complexity index is 489. The number of amides is 2. The van der Waals surface area contributed by atoms with E-state index in [1.807, 2.05) is 11.9 Å². The average Bonchev–Trinajstić information content (AvgIpc) is 2.55. The van der Waals surface area contributed by atoms with E-state index in [-0.39, 0.29) is 11.4 Å². The second-order valence-electron chi connectivity index (χ2n) is 7.06. The Kier molecular flexibility index (Phi) is 4.70. The molecule has 1 aromatic rings. The van der Waals surface area contributed by atoms with Gasteiger partial charge in [-0.15, -0.1) is 0 Å². The Labute approximate surface area is 134 Å². The third-order valence-corrected chi connectivity index (χ3v) is 5.72. The van der Waals surface area contributed by atoms with Crippen molar-refractivity contribution in [1.29, 1.82) is 0 Å². The Morgan fingerprint density at radius 2 is 1.82 bits per heavy atom. The van der Waals surface area contributed by atoms with E-state index < -0.39 is 0 Å². The zero-order chi connectivity index (χ0) is 15.4. The number of urea groups is 1. The lowest BCUT2D eigenvalue weighted by molar-refractivity contribution is 0.164. The molecule has 0 atom stereocenters. The van der Waals surface area contributed by atoms with E-state index in [1.165, 1.54) is 44.1 Å². The van der Waals surface area contributed by atoms with E-state index in [9.17, 15) is 4.79 Å². The fourth-order valence-electron chi connectivity index (χ4n) is 3.97. The largest absolute Gasteiger partial charge is 0.337 e. The minimum absolute atomic E-state index is 0.106. The van der Waals surface area contributed by atoms with Crippen molar-refractivity contribution in [3.8, 4) is 0 Å². The predicted molar refractivity (Wildman–Crippen MR) is 90.0 cm³/mol. The maximum absolute atomic E-state index is 12.5. The van der Waals surface area contributed by atoms with Gasteiger partial charge in [-0.3, -0.25) is 0 Å². The fourth-order valence-corrected chi connectivity index (χ4v) is 3.97. The molecule has 0 radical (unpaired) electrons. The molecule has 2 amide bonds. The van der Waals surface area contributed by atoms with Gasteiger partial charge in [0.05, 0.1) is 0 Å². The summed E-state index contributed by atoms with van der Waals surface area (Å²) in [5, 5.41) is 3.21. The topological polar surface area (TPSA) is 32.3 Å². The number of hydrogen-bond donors (Lipinski definition) is 1. The zero-order valence-electron chi connectivity index (χ0n) is 13.7. The van der Waals surface area contributed by atoms with Crippen molar-refractivity contribution in [2.24, 2.45) is 0 Å². The Morgan fingerprint density at radius 3 is 2.41 bits per heavy atom. The van der Waals surface area contributed by atoms with Crippen molar-refractivity contribution < 1.29 is 4.79 Å². The Balaban J connectivity index is 1.57. The van der Waals surface area contributed by atoms with Gasteiger partial charge >= 0.3 is 6.03 Å². The van der Waals surface area contributed by atoms with Gasteiger partial charge in [0.2, 0.25) is 0 Å². The molecule has 120 valence electrons. The van der Waals surface area contributed by atoms with Crippen molar-refractivity contribution in [3.63, 3.8) is 0 Å². The van der Waals surface area contributed by atoms with Gasteiger partial charge in [0.25, 0.3) is 0 Å². The molecule has 22 heavy (non-hydrogen) atoms. The highest BCUT2D eigenvalue weighted by atomic mass is 16.2. The summed E-state index contributed by atoms with van der Waals surface area (Å²) < 4.78 is 0. The molecule has 1 aromatic carbocycles. The van der Waals surface area contributed by atoms with Crippen LogP contribution in [0, 0.1) is 0 Å². The summed E-state index contributed by atoms with van der Waals surface area (Å²) in [6, 6.07) is 11.2. The van der Waals surface area contributed by atoms with E-state index in [2.05, 4.69) is 35.6 Å². The van der Waals surface area contributed by atoms with Crippen LogP contribution in [0.2, 0.25) is 0 Å². The molecular weight excluding hydrogens is 272 g/mol. The summed E-state index contributed by atoms with van der Waals surface area (Å²) in [6.45, 7) is 0.771. The number of nitrogens with one attached hydrogen (secondary N) is 1. The number of benzene rings is 1. The minimum Gasteiger partial charge on any atom is -0.337 e. The highest BCUT2D eigenvalue weighted by molar-refractivity contribution is 5.74. The lowest BCUT2D eigenvalue weighted by atomic mass is 9.64. The highest BCUT2D eigenvalue weighted by Crippen LogP contribution is 2.43. The van der Waals surface area contributed by atoms with E-state index in [1.54, 1.807) is 0 Å². The number of rotatable bonds is 4. The van der Waals surface area contributed by atoms with Crippen LogP contribution >= 0.6 is 0 Å². The van der Waals surface area contributed by atoms with E-state index >= 15 is 0 Å². The number of nitrogens with zero attached hydrogens (tertiary/aromatic N) is 1. The molecule has 2 saturated carbocycles. The van der Waals surface area contributed by atoms with Crippen molar-refractivity contribution in [3.05, 3.63) is 35.9 Å². The SMILES string of the molecule is CN(C(=O)NCC1(c2ccccc2)CCC1)C1CCCCC1. The molecule has 0 unspecified atom stereocenters. The van der Waals surface area contributed by atoms with Crippen LogP contribution < -0.4 is 5.32 Å².